The fraction of sp³-hybridized carbons (Fsp3) is 0.621. The van der Waals surface area contributed by atoms with Crippen LogP contribution in [0.2, 0.25) is 0 Å². The minimum absolute atomic E-state index is 0.110. The van der Waals surface area contributed by atoms with Crippen LogP contribution >= 0.6 is 0 Å². The average Bonchev–Trinajstić information content (AvgIpc) is 2.92. The molecule has 2 heterocycles. The summed E-state index contributed by atoms with van der Waals surface area (Å²) in [5.41, 5.74) is 3.00. The van der Waals surface area contributed by atoms with Crippen LogP contribution in [0.25, 0.3) is 0 Å². The summed E-state index contributed by atoms with van der Waals surface area (Å²) < 4.78 is 10.9. The highest BCUT2D eigenvalue weighted by molar-refractivity contribution is 5.95. The molecule has 9 nitrogen and oxygen atoms in total. The smallest absolute Gasteiger partial charge is 0.250 e. The predicted molar refractivity (Wildman–Crippen MR) is 153 cm³/mol. The summed E-state index contributed by atoms with van der Waals surface area (Å²) in [5, 5.41) is 12.5. The first kappa shape index (κ1) is 31.5. The van der Waals surface area contributed by atoms with Gasteiger partial charge >= 0.3 is 0 Å². The molecule has 0 atom stereocenters. The Morgan fingerprint density at radius 3 is 2.32 bits per heavy atom. The third kappa shape index (κ3) is 10.9. The fourth-order valence-corrected chi connectivity index (χ4v) is 4.26. The molecule has 212 valence electrons. The van der Waals surface area contributed by atoms with Crippen LogP contribution < -0.4 is 10.6 Å². The quantitative estimate of drug-likeness (QED) is 0.118. The molecule has 0 aliphatic carbocycles. The van der Waals surface area contributed by atoms with Crippen molar-refractivity contribution in [1.29, 1.82) is 0 Å². The van der Waals surface area contributed by atoms with E-state index in [1.54, 1.807) is 20.1 Å². The number of ether oxygens (including phenoxy) is 2. The van der Waals surface area contributed by atoms with E-state index >= 15 is 0 Å². The predicted octanol–water partition coefficient (Wildman–Crippen LogP) is 3.17. The summed E-state index contributed by atoms with van der Waals surface area (Å²) in [4.78, 5) is 27.7. The number of hydrogen-bond acceptors (Lipinski definition) is 7. The zero-order valence-electron chi connectivity index (χ0n) is 23.8. The SMILES string of the molecule is C=C(C)C(=O)N/C(=C/C(C)=C(\C)C(=O)NCCCCN1CCOCC1)C(=C)CN(/N=C\C)C1CCOCC1. The second kappa shape index (κ2) is 17.0. The number of carbonyl (C=O) groups excluding carboxylic acids is 2. The van der Waals surface area contributed by atoms with E-state index in [4.69, 9.17) is 9.47 Å². The molecule has 38 heavy (non-hydrogen) atoms. The molecule has 0 aromatic carbocycles. The third-order valence-corrected chi connectivity index (χ3v) is 6.83. The summed E-state index contributed by atoms with van der Waals surface area (Å²) in [6.07, 6.45) is 7.29. The number of nitrogens with one attached hydrogen (secondary N) is 2. The van der Waals surface area contributed by atoms with Crippen LogP contribution in [-0.2, 0) is 19.1 Å². The Morgan fingerprint density at radius 1 is 1.03 bits per heavy atom. The Kier molecular flexibility index (Phi) is 14.0. The molecule has 2 saturated heterocycles. The molecule has 2 N–H and O–H groups in total. The van der Waals surface area contributed by atoms with E-state index in [1.807, 2.05) is 24.9 Å². The number of nitrogens with zero attached hydrogens (tertiary/aromatic N) is 3. The number of amides is 2. The van der Waals surface area contributed by atoms with E-state index in [9.17, 15) is 9.59 Å². The van der Waals surface area contributed by atoms with Gasteiger partial charge in [0.1, 0.15) is 0 Å². The van der Waals surface area contributed by atoms with Crippen molar-refractivity contribution >= 4 is 18.0 Å². The zero-order valence-corrected chi connectivity index (χ0v) is 23.8. The number of rotatable bonds is 14. The van der Waals surface area contributed by atoms with Crippen LogP contribution in [0.3, 0.4) is 0 Å². The topological polar surface area (TPSA) is 95.5 Å². The van der Waals surface area contributed by atoms with Gasteiger partial charge in [-0.2, -0.15) is 5.10 Å². The highest BCUT2D eigenvalue weighted by Crippen LogP contribution is 2.20. The third-order valence-electron chi connectivity index (χ3n) is 6.83. The lowest BCUT2D eigenvalue weighted by molar-refractivity contribution is -0.117. The Morgan fingerprint density at radius 2 is 1.68 bits per heavy atom. The van der Waals surface area contributed by atoms with Crippen molar-refractivity contribution in [2.75, 3.05) is 59.2 Å². The van der Waals surface area contributed by atoms with E-state index in [0.29, 0.717) is 48.7 Å². The van der Waals surface area contributed by atoms with Gasteiger partial charge in [-0.25, -0.2) is 0 Å². The summed E-state index contributed by atoms with van der Waals surface area (Å²) >= 11 is 0. The van der Waals surface area contributed by atoms with E-state index in [-0.39, 0.29) is 17.9 Å². The number of morpholine rings is 1. The first-order valence-corrected chi connectivity index (χ1v) is 13.7. The number of carbonyl (C=O) groups is 2. The Labute approximate surface area is 228 Å². The maximum atomic E-state index is 12.8. The lowest BCUT2D eigenvalue weighted by Gasteiger charge is -2.33. The van der Waals surface area contributed by atoms with Crippen LogP contribution in [0.1, 0.15) is 53.4 Å². The maximum absolute atomic E-state index is 12.8. The van der Waals surface area contributed by atoms with Crippen molar-refractivity contribution in [3.63, 3.8) is 0 Å². The molecule has 0 aromatic heterocycles. The molecule has 2 fully saturated rings. The van der Waals surface area contributed by atoms with Crippen LogP contribution in [0.5, 0.6) is 0 Å². The average molecular weight is 530 g/mol. The second-order valence-electron chi connectivity index (χ2n) is 9.94. The molecule has 2 rings (SSSR count). The normalized spacial score (nSPS) is 18.2. The van der Waals surface area contributed by atoms with E-state index in [0.717, 1.165) is 64.1 Å². The number of hydrazone groups is 1. The monoisotopic (exact) mass is 529 g/mol. The Bertz CT molecular complexity index is 912. The lowest BCUT2D eigenvalue weighted by Crippen LogP contribution is -2.38. The van der Waals surface area contributed by atoms with Crippen molar-refractivity contribution in [3.05, 3.63) is 47.2 Å². The first-order chi connectivity index (χ1) is 18.2. The molecule has 2 amide bonds. The van der Waals surface area contributed by atoms with Crippen LogP contribution in [0.15, 0.2) is 52.3 Å². The van der Waals surface area contributed by atoms with Gasteiger partial charge in [0.25, 0.3) is 5.91 Å². The Hall–Kier alpha value is -2.75. The van der Waals surface area contributed by atoms with E-state index in [1.165, 1.54) is 0 Å². The summed E-state index contributed by atoms with van der Waals surface area (Å²) in [6.45, 7) is 22.3. The molecule has 0 bridgehead atoms. The van der Waals surface area contributed by atoms with Crippen molar-refractivity contribution in [2.45, 2.75) is 59.4 Å². The van der Waals surface area contributed by atoms with Gasteiger partial charge in [0, 0.05) is 55.9 Å². The summed E-state index contributed by atoms with van der Waals surface area (Å²) in [6, 6.07) is 0.238. The maximum Gasteiger partial charge on any atom is 0.250 e. The minimum Gasteiger partial charge on any atom is -0.381 e. The van der Waals surface area contributed by atoms with Crippen LogP contribution in [-0.4, -0.2) is 93.1 Å². The molecule has 0 radical (unpaired) electrons. The van der Waals surface area contributed by atoms with Crippen LogP contribution in [0, 0.1) is 0 Å². The standard InChI is InChI=1S/C29H47N5O4/c1-7-31-34(26-10-16-37-17-11-26)21-24(5)27(32-28(35)22(2)3)20-23(4)25(6)29(36)30-12-8-9-13-33-14-18-38-19-15-33/h7,20,26H,2,5,8-19,21H2,1,3-4,6H3,(H,30,36)(H,32,35)/b25-23+,27-20+,31-7-. The molecule has 2 aliphatic heterocycles. The van der Waals surface area contributed by atoms with Crippen molar-refractivity contribution in [3.8, 4) is 0 Å². The molecule has 0 saturated carbocycles. The number of unbranched alkanes of at least 4 members (excludes halogenated alkanes) is 1. The molecule has 0 spiro atoms. The van der Waals surface area contributed by atoms with Gasteiger partial charge < -0.3 is 20.1 Å². The van der Waals surface area contributed by atoms with Gasteiger partial charge in [-0.05, 0) is 77.1 Å². The number of allylic oxidation sites excluding steroid dienone is 2. The molecular weight excluding hydrogens is 482 g/mol. The van der Waals surface area contributed by atoms with E-state index in [2.05, 4.69) is 33.8 Å². The van der Waals surface area contributed by atoms with Gasteiger partial charge in [0.2, 0.25) is 5.91 Å². The van der Waals surface area contributed by atoms with Gasteiger partial charge in [-0.1, -0.05) is 13.2 Å². The molecule has 9 heteroatoms. The van der Waals surface area contributed by atoms with Gasteiger partial charge in [0.05, 0.1) is 25.8 Å². The van der Waals surface area contributed by atoms with Crippen molar-refractivity contribution in [2.24, 2.45) is 5.10 Å². The largest absolute Gasteiger partial charge is 0.381 e. The van der Waals surface area contributed by atoms with Crippen molar-refractivity contribution < 1.29 is 19.1 Å². The number of hydrogen-bond donors (Lipinski definition) is 2. The van der Waals surface area contributed by atoms with Crippen molar-refractivity contribution in [1.82, 2.24) is 20.5 Å². The van der Waals surface area contributed by atoms with Gasteiger partial charge in [-0.15, -0.1) is 0 Å². The van der Waals surface area contributed by atoms with E-state index < -0.39 is 0 Å². The summed E-state index contributed by atoms with van der Waals surface area (Å²) in [7, 11) is 0. The Balaban J connectivity index is 2.04. The second-order valence-corrected chi connectivity index (χ2v) is 9.94. The summed E-state index contributed by atoms with van der Waals surface area (Å²) in [5.74, 6) is -0.398. The van der Waals surface area contributed by atoms with Crippen LogP contribution in [0.4, 0.5) is 0 Å². The lowest BCUT2D eigenvalue weighted by atomic mass is 10.0. The highest BCUT2D eigenvalue weighted by atomic mass is 16.5. The van der Waals surface area contributed by atoms with Gasteiger partial charge in [0.15, 0.2) is 0 Å². The fourth-order valence-electron chi connectivity index (χ4n) is 4.26. The van der Waals surface area contributed by atoms with Gasteiger partial charge in [-0.3, -0.25) is 19.5 Å². The minimum atomic E-state index is -0.288. The highest BCUT2D eigenvalue weighted by Gasteiger charge is 2.22. The molecule has 0 aromatic rings. The first-order valence-electron chi connectivity index (χ1n) is 13.7. The zero-order chi connectivity index (χ0) is 27.9. The molecule has 2 aliphatic rings. The molecular formula is C29H47N5O4. The molecule has 0 unspecified atom stereocenters.